The summed E-state index contributed by atoms with van der Waals surface area (Å²) in [5.41, 5.74) is 1.82. The Bertz CT molecular complexity index is 1380. The van der Waals surface area contributed by atoms with Crippen LogP contribution in [0.1, 0.15) is 25.6 Å². The molecule has 0 radical (unpaired) electrons. The molecule has 0 saturated carbocycles. The van der Waals surface area contributed by atoms with Gasteiger partial charge in [0.05, 0.1) is 27.2 Å². The van der Waals surface area contributed by atoms with Crippen molar-refractivity contribution in [2.24, 2.45) is 12.2 Å². The number of aryl methyl sites for hydroxylation is 1. The zero-order valence-corrected chi connectivity index (χ0v) is 19.3. The van der Waals surface area contributed by atoms with Gasteiger partial charge in [-0.1, -0.05) is 37.2 Å². The number of nitrogens with zero attached hydrogens (tertiary/aromatic N) is 5. The first-order valence-electron chi connectivity index (χ1n) is 10.1. The molecule has 0 unspecified atom stereocenters. The number of thioether (sulfide) groups is 1. The first-order valence-corrected chi connectivity index (χ1v) is 12.6. The van der Waals surface area contributed by atoms with Gasteiger partial charge in [-0.25, -0.2) is 22.9 Å². The van der Waals surface area contributed by atoms with E-state index in [1.165, 1.54) is 30.0 Å². The molecule has 0 aliphatic rings. The highest BCUT2D eigenvalue weighted by Gasteiger charge is 2.18. The Morgan fingerprint density at radius 3 is 2.66 bits per heavy atom. The zero-order valence-electron chi connectivity index (χ0n) is 17.7. The molecule has 2 heterocycles. The Kier molecular flexibility index (Phi) is 6.31. The van der Waals surface area contributed by atoms with Crippen molar-refractivity contribution in [3.63, 3.8) is 0 Å². The van der Waals surface area contributed by atoms with Crippen molar-refractivity contribution in [1.82, 2.24) is 24.3 Å². The second-order valence-corrected chi connectivity index (χ2v) is 9.87. The fourth-order valence-electron chi connectivity index (χ4n) is 3.46. The van der Waals surface area contributed by atoms with Crippen molar-refractivity contribution < 1.29 is 12.8 Å². The summed E-state index contributed by atoms with van der Waals surface area (Å²) in [5, 5.41) is 14.3. The lowest BCUT2D eigenvalue weighted by Gasteiger charge is -2.09. The van der Waals surface area contributed by atoms with Gasteiger partial charge in [-0.05, 0) is 36.8 Å². The Hall–Kier alpha value is -2.76. The molecule has 0 saturated heterocycles. The number of aromatic nitrogens is 5. The third kappa shape index (κ3) is 4.41. The van der Waals surface area contributed by atoms with Gasteiger partial charge in [0.2, 0.25) is 10.0 Å². The van der Waals surface area contributed by atoms with Crippen LogP contribution in [-0.2, 0) is 29.4 Å². The molecule has 2 aromatic heterocycles. The van der Waals surface area contributed by atoms with Gasteiger partial charge < -0.3 is 9.13 Å². The summed E-state index contributed by atoms with van der Waals surface area (Å²) in [6.07, 6.45) is 1.97. The van der Waals surface area contributed by atoms with Gasteiger partial charge >= 0.3 is 0 Å². The number of benzene rings is 2. The van der Waals surface area contributed by atoms with E-state index < -0.39 is 10.0 Å². The molecular weight excluding hydrogens is 451 g/mol. The molecule has 8 nitrogen and oxygen atoms in total. The molecule has 168 valence electrons. The molecule has 0 amide bonds. The summed E-state index contributed by atoms with van der Waals surface area (Å²) < 4.78 is 41.5. The zero-order chi connectivity index (χ0) is 22.9. The van der Waals surface area contributed by atoms with E-state index in [1.807, 2.05) is 0 Å². The molecule has 2 aromatic carbocycles. The van der Waals surface area contributed by atoms with Crippen LogP contribution >= 0.6 is 11.8 Å². The smallest absolute Gasteiger partial charge is 0.238 e. The van der Waals surface area contributed by atoms with Crippen molar-refractivity contribution in [1.29, 1.82) is 0 Å². The summed E-state index contributed by atoms with van der Waals surface area (Å²) in [6, 6.07) is 11.2. The molecule has 0 bridgehead atoms. The Morgan fingerprint density at radius 1 is 1.16 bits per heavy atom. The van der Waals surface area contributed by atoms with Crippen LogP contribution in [0.4, 0.5) is 4.39 Å². The standard InChI is InChI=1S/C21H23FN6O2S2/c1-3-4-11-28-18-10-9-14(32(23,29)30)12-17(18)24-19(28)13-31-21-26-25-20(27(21)2)15-7-5-6-8-16(15)22/h5-10,12H,3-4,11,13H2,1-2H3,(H2,23,29,30). The number of nitrogens with two attached hydrogens (primary N) is 1. The molecule has 32 heavy (non-hydrogen) atoms. The van der Waals surface area contributed by atoms with Crippen molar-refractivity contribution >= 4 is 32.8 Å². The lowest BCUT2D eigenvalue weighted by Crippen LogP contribution is -2.11. The fourth-order valence-corrected chi connectivity index (χ4v) is 4.85. The lowest BCUT2D eigenvalue weighted by atomic mass is 10.2. The highest BCUT2D eigenvalue weighted by molar-refractivity contribution is 7.98. The molecule has 11 heteroatoms. The van der Waals surface area contributed by atoms with Gasteiger partial charge in [0, 0.05) is 13.6 Å². The van der Waals surface area contributed by atoms with E-state index in [4.69, 9.17) is 5.14 Å². The minimum Gasteiger partial charge on any atom is -0.327 e. The second-order valence-electron chi connectivity index (χ2n) is 7.36. The summed E-state index contributed by atoms with van der Waals surface area (Å²) >= 11 is 1.43. The van der Waals surface area contributed by atoms with Crippen LogP contribution in [0.3, 0.4) is 0 Å². The van der Waals surface area contributed by atoms with Gasteiger partial charge in [0.1, 0.15) is 11.6 Å². The highest BCUT2D eigenvalue weighted by atomic mass is 32.2. The van der Waals surface area contributed by atoms with Gasteiger partial charge in [0.15, 0.2) is 11.0 Å². The average Bonchev–Trinajstić information content (AvgIpc) is 3.29. The highest BCUT2D eigenvalue weighted by Crippen LogP contribution is 2.28. The number of unbranched alkanes of at least 4 members (excludes halogenated alkanes) is 1. The van der Waals surface area contributed by atoms with Crippen molar-refractivity contribution in [2.45, 2.75) is 42.1 Å². The normalized spacial score (nSPS) is 12.0. The number of rotatable bonds is 8. The largest absolute Gasteiger partial charge is 0.327 e. The predicted molar refractivity (Wildman–Crippen MR) is 122 cm³/mol. The van der Waals surface area contributed by atoms with Crippen molar-refractivity contribution in [2.75, 3.05) is 0 Å². The molecule has 0 aliphatic carbocycles. The van der Waals surface area contributed by atoms with Gasteiger partial charge in [-0.3, -0.25) is 0 Å². The molecule has 4 aromatic rings. The lowest BCUT2D eigenvalue weighted by molar-refractivity contribution is 0.598. The van der Waals surface area contributed by atoms with Gasteiger partial charge in [0.25, 0.3) is 0 Å². The van der Waals surface area contributed by atoms with Crippen LogP contribution in [0.15, 0.2) is 52.5 Å². The van der Waals surface area contributed by atoms with E-state index in [-0.39, 0.29) is 10.7 Å². The Labute approximate surface area is 189 Å². The molecule has 0 atom stereocenters. The topological polar surface area (TPSA) is 109 Å². The SMILES string of the molecule is CCCCn1c(CSc2nnc(-c3ccccc3F)n2C)nc2cc(S(N)(=O)=O)ccc21. The Morgan fingerprint density at radius 2 is 1.94 bits per heavy atom. The van der Waals surface area contributed by atoms with Gasteiger partial charge in [-0.15, -0.1) is 10.2 Å². The van der Waals surface area contributed by atoms with Crippen molar-refractivity contribution in [3.8, 4) is 11.4 Å². The second kappa shape index (κ2) is 9.00. The van der Waals surface area contributed by atoms with Crippen LogP contribution in [0.25, 0.3) is 22.4 Å². The fraction of sp³-hybridized carbons (Fsp3) is 0.286. The number of hydrogen-bond acceptors (Lipinski definition) is 6. The summed E-state index contributed by atoms with van der Waals surface area (Å²) in [7, 11) is -2.02. The van der Waals surface area contributed by atoms with Crippen LogP contribution < -0.4 is 5.14 Å². The number of halogens is 1. The number of hydrogen-bond donors (Lipinski definition) is 1. The van der Waals surface area contributed by atoms with Crippen LogP contribution in [-0.4, -0.2) is 32.7 Å². The quantitative estimate of drug-likeness (QED) is 0.390. The van der Waals surface area contributed by atoms with Crippen LogP contribution in [0.5, 0.6) is 0 Å². The number of sulfonamides is 1. The summed E-state index contributed by atoms with van der Waals surface area (Å²) in [5.74, 6) is 1.38. The molecule has 0 fully saturated rings. The number of fused-ring (bicyclic) bond motifs is 1. The first-order chi connectivity index (χ1) is 15.3. The predicted octanol–water partition coefficient (Wildman–Crippen LogP) is 3.71. The van der Waals surface area contributed by atoms with E-state index >= 15 is 0 Å². The monoisotopic (exact) mass is 474 g/mol. The van der Waals surface area contributed by atoms with Crippen LogP contribution in [0, 0.1) is 5.82 Å². The van der Waals surface area contributed by atoms with Gasteiger partial charge in [-0.2, -0.15) is 0 Å². The Balaban J connectivity index is 1.65. The average molecular weight is 475 g/mol. The maximum Gasteiger partial charge on any atom is 0.238 e. The minimum absolute atomic E-state index is 0.0344. The van der Waals surface area contributed by atoms with E-state index in [0.29, 0.717) is 27.8 Å². The maximum atomic E-state index is 14.2. The van der Waals surface area contributed by atoms with E-state index in [1.54, 1.807) is 35.9 Å². The number of imidazole rings is 1. The molecule has 4 rings (SSSR count). The maximum absolute atomic E-state index is 14.2. The van der Waals surface area contributed by atoms with Crippen molar-refractivity contribution in [3.05, 3.63) is 54.1 Å². The summed E-state index contributed by atoms with van der Waals surface area (Å²) in [6.45, 7) is 2.87. The molecule has 0 spiro atoms. The minimum atomic E-state index is -3.81. The number of primary sulfonamides is 1. The van der Waals surface area contributed by atoms with Crippen LogP contribution in [0.2, 0.25) is 0 Å². The first kappa shape index (κ1) is 22.4. The van der Waals surface area contributed by atoms with E-state index in [0.717, 1.165) is 30.7 Å². The molecule has 2 N–H and O–H groups in total. The van der Waals surface area contributed by atoms with E-state index in [9.17, 15) is 12.8 Å². The third-order valence-corrected chi connectivity index (χ3v) is 7.07. The van der Waals surface area contributed by atoms with E-state index in [2.05, 4.69) is 26.7 Å². The summed E-state index contributed by atoms with van der Waals surface area (Å²) in [4.78, 5) is 4.70. The molecule has 0 aliphatic heterocycles. The third-order valence-electron chi connectivity index (χ3n) is 5.14. The molecular formula is C21H23FN6O2S2.